The Kier molecular flexibility index (Phi) is 10.7. The number of hydrogen-bond acceptors (Lipinski definition) is 10. The summed E-state index contributed by atoms with van der Waals surface area (Å²) in [5.41, 5.74) is -4.20. The molecular formula is C29H49NaO10S. The fraction of sp³-hybridized carbons (Fsp3) is 0.931. The van der Waals surface area contributed by atoms with E-state index in [1.807, 2.05) is 33.8 Å². The van der Waals surface area contributed by atoms with Crippen molar-refractivity contribution in [1.29, 1.82) is 0 Å². The molecule has 4 aliphatic rings. The summed E-state index contributed by atoms with van der Waals surface area (Å²) in [5.74, 6) is -1.69. The average molecular weight is 613 g/mol. The van der Waals surface area contributed by atoms with Crippen molar-refractivity contribution in [3.63, 3.8) is 0 Å². The molecule has 0 heterocycles. The molecule has 0 aromatic carbocycles. The zero-order valence-electron chi connectivity index (χ0n) is 25.3. The third kappa shape index (κ3) is 6.02. The molecule has 0 saturated heterocycles. The van der Waals surface area contributed by atoms with Gasteiger partial charge in [0.25, 0.3) is 0 Å². The second kappa shape index (κ2) is 12.3. The van der Waals surface area contributed by atoms with Gasteiger partial charge in [-0.3, -0.25) is 4.18 Å². The number of allylic oxidation sites excluding steroid dienone is 1. The first-order chi connectivity index (χ1) is 18.3. The van der Waals surface area contributed by atoms with Crippen LogP contribution in [-0.2, 0) is 14.6 Å². The van der Waals surface area contributed by atoms with Crippen molar-refractivity contribution in [2.24, 2.45) is 46.3 Å². The van der Waals surface area contributed by atoms with Crippen LogP contribution in [0.1, 0.15) is 79.6 Å². The third-order valence-electron chi connectivity index (χ3n) is 11.8. The summed E-state index contributed by atoms with van der Waals surface area (Å²) in [6.45, 7) is 9.06. The molecule has 41 heavy (non-hydrogen) atoms. The van der Waals surface area contributed by atoms with Crippen molar-refractivity contribution < 1.29 is 77.4 Å². The maximum atomic E-state index is 12.4. The van der Waals surface area contributed by atoms with E-state index in [0.717, 1.165) is 0 Å². The zero-order chi connectivity index (χ0) is 30.1. The Labute approximate surface area is 266 Å². The van der Waals surface area contributed by atoms with Crippen LogP contribution in [0, 0.1) is 46.3 Å². The van der Waals surface area contributed by atoms with Gasteiger partial charge in [0.15, 0.2) is 0 Å². The van der Waals surface area contributed by atoms with Crippen LogP contribution in [0.3, 0.4) is 0 Å². The van der Waals surface area contributed by atoms with Crippen molar-refractivity contribution in [3.05, 3.63) is 12.2 Å². The number of hydrogen-bond donors (Lipinski definition) is 6. The van der Waals surface area contributed by atoms with Gasteiger partial charge in [-0.25, -0.2) is 8.42 Å². The predicted octanol–water partition coefficient (Wildman–Crippen LogP) is -1.52. The summed E-state index contributed by atoms with van der Waals surface area (Å²) < 4.78 is 38.3. The Hall–Kier alpha value is 0.370. The zero-order valence-corrected chi connectivity index (χ0v) is 28.1. The van der Waals surface area contributed by atoms with Gasteiger partial charge in [-0.15, -0.1) is 0 Å². The SMILES string of the molecule is CC(C)[C@H](/C=C/[C@@H](C)[C@H]1C[C@H](O)[C@@H]2[C@]1(C)CC[C@H]1[C@@]2(O)C[C@@H](O)[C@@]2(O)C[C@@H](O)CC[C@]12C)[C@@H](CO)OS(=O)(=O)[O-].[Na+]. The van der Waals surface area contributed by atoms with Gasteiger partial charge in [-0.2, -0.15) is 0 Å². The Bertz CT molecular complexity index is 1070. The van der Waals surface area contributed by atoms with Gasteiger partial charge in [0.1, 0.15) is 6.10 Å². The normalized spacial score (nSPS) is 46.8. The molecule has 12 heteroatoms. The van der Waals surface area contributed by atoms with Gasteiger partial charge in [0.05, 0.1) is 36.1 Å². The van der Waals surface area contributed by atoms with E-state index in [1.165, 1.54) is 0 Å². The molecule has 6 N–H and O–H groups in total. The summed E-state index contributed by atoms with van der Waals surface area (Å²) in [7, 11) is -5.00. The molecule has 0 aromatic heterocycles. The molecule has 0 unspecified atom stereocenters. The Morgan fingerprint density at radius 1 is 1.02 bits per heavy atom. The standard InChI is InChI=1S/C29H50O10S.Na/c1-16(2)19(22(15-30)39-40(36,37)38)7-6-17(3)20-12-21(32)25-26(20,4)10-9-23-27(5)11-8-18(31)13-29(27,35)24(33)14-28(23,25)34;/h6-7,16-25,30-35H,8-15H2,1-5H3,(H,36,37,38);/q;+1/p-1/b7-6+;/t17-,18+,19+,20-,21+,22-,23-,24-,25-,26-,27-,28+,29+;/m1./s1. The van der Waals surface area contributed by atoms with Crippen LogP contribution in [0.4, 0.5) is 0 Å². The van der Waals surface area contributed by atoms with Gasteiger partial charge >= 0.3 is 29.6 Å². The minimum atomic E-state index is -5.00. The third-order valence-corrected chi connectivity index (χ3v) is 12.3. The molecule has 4 rings (SSSR count). The summed E-state index contributed by atoms with van der Waals surface area (Å²) in [4.78, 5) is 0. The summed E-state index contributed by atoms with van der Waals surface area (Å²) >= 11 is 0. The fourth-order valence-electron chi connectivity index (χ4n) is 9.89. The number of fused-ring (bicyclic) bond motifs is 5. The minimum Gasteiger partial charge on any atom is -0.726 e. The molecule has 10 nitrogen and oxygen atoms in total. The van der Waals surface area contributed by atoms with Crippen LogP contribution in [-0.4, -0.2) is 85.8 Å². The van der Waals surface area contributed by atoms with Crippen molar-refractivity contribution in [2.45, 2.75) is 115 Å². The van der Waals surface area contributed by atoms with Gasteiger partial charge < -0.3 is 35.2 Å². The largest absolute Gasteiger partial charge is 1.00 e. The van der Waals surface area contributed by atoms with Crippen LogP contribution in [0.2, 0.25) is 0 Å². The molecule has 0 spiro atoms. The molecule has 232 valence electrons. The molecule has 0 radical (unpaired) electrons. The topological polar surface area (TPSA) is 188 Å². The van der Waals surface area contributed by atoms with E-state index < -0.39 is 75.3 Å². The summed E-state index contributed by atoms with van der Waals surface area (Å²) in [6, 6.07) is 0. The monoisotopic (exact) mass is 612 g/mol. The minimum absolute atomic E-state index is 0. The van der Waals surface area contributed by atoms with Gasteiger partial charge in [-0.1, -0.05) is 46.8 Å². The van der Waals surface area contributed by atoms with E-state index >= 15 is 0 Å². The molecule has 0 aromatic rings. The molecule has 0 bridgehead atoms. The van der Waals surface area contributed by atoms with Crippen LogP contribution in [0.5, 0.6) is 0 Å². The fourth-order valence-corrected chi connectivity index (χ4v) is 10.4. The smallest absolute Gasteiger partial charge is 0.726 e. The van der Waals surface area contributed by atoms with Gasteiger partial charge in [0, 0.05) is 30.1 Å². The molecule has 13 atom stereocenters. The molecule has 0 aliphatic heterocycles. The Balaban J connectivity index is 0.00000462. The van der Waals surface area contributed by atoms with E-state index in [4.69, 9.17) is 0 Å². The molecule has 4 saturated carbocycles. The maximum Gasteiger partial charge on any atom is 1.00 e. The van der Waals surface area contributed by atoms with Crippen LogP contribution in [0.25, 0.3) is 0 Å². The second-order valence-electron chi connectivity index (χ2n) is 14.2. The average Bonchev–Trinajstić information content (AvgIpc) is 3.10. The van der Waals surface area contributed by atoms with Gasteiger partial charge in [0.2, 0.25) is 10.4 Å². The van der Waals surface area contributed by atoms with E-state index in [2.05, 4.69) is 11.1 Å². The molecule has 4 fully saturated rings. The second-order valence-corrected chi connectivity index (χ2v) is 15.2. The van der Waals surface area contributed by atoms with Crippen LogP contribution in [0.15, 0.2) is 12.2 Å². The quantitative estimate of drug-likeness (QED) is 0.0814. The first-order valence-corrected chi connectivity index (χ1v) is 16.1. The predicted molar refractivity (Wildman–Crippen MR) is 145 cm³/mol. The molecule has 4 aliphatic carbocycles. The van der Waals surface area contributed by atoms with E-state index in [1.54, 1.807) is 6.08 Å². The van der Waals surface area contributed by atoms with E-state index in [0.29, 0.717) is 32.1 Å². The molecule has 0 amide bonds. The number of rotatable bonds is 8. The van der Waals surface area contributed by atoms with Crippen molar-refractivity contribution in [2.75, 3.05) is 6.61 Å². The van der Waals surface area contributed by atoms with E-state index in [9.17, 15) is 43.6 Å². The van der Waals surface area contributed by atoms with Crippen molar-refractivity contribution in [3.8, 4) is 0 Å². The van der Waals surface area contributed by atoms with E-state index in [-0.39, 0.29) is 66.1 Å². The number of aliphatic hydroxyl groups excluding tert-OH is 4. The van der Waals surface area contributed by atoms with Crippen molar-refractivity contribution >= 4 is 10.4 Å². The first-order valence-electron chi connectivity index (χ1n) is 14.8. The van der Waals surface area contributed by atoms with Crippen LogP contribution < -0.4 is 29.6 Å². The maximum absolute atomic E-state index is 12.4. The van der Waals surface area contributed by atoms with Crippen molar-refractivity contribution in [1.82, 2.24) is 0 Å². The summed E-state index contributed by atoms with van der Waals surface area (Å²) in [6.07, 6.45) is 2.43. The van der Waals surface area contributed by atoms with Crippen LogP contribution >= 0.6 is 0 Å². The summed E-state index contributed by atoms with van der Waals surface area (Å²) in [5, 5.41) is 66.9. The Morgan fingerprint density at radius 2 is 1.66 bits per heavy atom. The van der Waals surface area contributed by atoms with Gasteiger partial charge in [-0.05, 0) is 61.2 Å². The Morgan fingerprint density at radius 3 is 2.22 bits per heavy atom. The number of aliphatic hydroxyl groups is 6. The first kappa shape index (κ1) is 35.8. The molecular weight excluding hydrogens is 563 g/mol.